The molecule has 0 aliphatic rings. The smallest absolute Gasteiger partial charge is 0.352 e. The van der Waals surface area contributed by atoms with Crippen molar-refractivity contribution in [3.05, 3.63) is 44.5 Å². The van der Waals surface area contributed by atoms with Gasteiger partial charge in [0.05, 0.1) is 5.69 Å². The third-order valence-corrected chi connectivity index (χ3v) is 4.21. The molecule has 0 saturated carbocycles. The fourth-order valence-corrected chi connectivity index (χ4v) is 3.98. The van der Waals surface area contributed by atoms with E-state index in [2.05, 4.69) is 31.9 Å². The van der Waals surface area contributed by atoms with Crippen LogP contribution >= 0.6 is 31.9 Å². The van der Waals surface area contributed by atoms with E-state index in [0.29, 0.717) is 12.2 Å². The van der Waals surface area contributed by atoms with Gasteiger partial charge < -0.3 is 9.67 Å². The monoisotopic (exact) mass is 385 g/mol. The molecule has 1 aromatic carbocycles. The zero-order chi connectivity index (χ0) is 14.2. The molecular formula is C14H13Br2NO2. The fourth-order valence-electron chi connectivity index (χ4n) is 2.16. The summed E-state index contributed by atoms with van der Waals surface area (Å²) in [5.41, 5.74) is 3.30. The second-order valence-corrected chi connectivity index (χ2v) is 5.97. The summed E-state index contributed by atoms with van der Waals surface area (Å²) in [5, 5.41) is 9.20. The Bertz CT molecular complexity index is 624. The number of aryl methyl sites for hydroxylation is 1. The van der Waals surface area contributed by atoms with Crippen LogP contribution in [0.5, 0.6) is 0 Å². The average molecular weight is 387 g/mol. The molecule has 0 fully saturated rings. The van der Waals surface area contributed by atoms with Crippen LogP contribution in [0.1, 0.15) is 23.0 Å². The van der Waals surface area contributed by atoms with E-state index in [1.165, 1.54) is 0 Å². The van der Waals surface area contributed by atoms with Gasteiger partial charge in [0, 0.05) is 21.1 Å². The Kier molecular flexibility index (Phi) is 4.16. The number of carboxylic acids is 1. The third kappa shape index (κ3) is 2.62. The molecule has 0 saturated heterocycles. The van der Waals surface area contributed by atoms with E-state index in [1.807, 2.05) is 32.0 Å². The molecule has 0 radical (unpaired) electrons. The molecular weight excluding hydrogens is 374 g/mol. The molecule has 19 heavy (non-hydrogen) atoms. The van der Waals surface area contributed by atoms with Gasteiger partial charge in [-0.1, -0.05) is 31.9 Å². The first-order valence-corrected chi connectivity index (χ1v) is 7.43. The number of aromatic nitrogens is 1. The molecule has 1 aromatic heterocycles. The van der Waals surface area contributed by atoms with Crippen LogP contribution in [0.3, 0.4) is 0 Å². The SMILES string of the molecule is CCn1c(C(=O)O)ccc1-c1c(Br)cc(C)cc1Br. The maximum atomic E-state index is 11.2. The quantitative estimate of drug-likeness (QED) is 0.830. The molecule has 0 spiro atoms. The maximum absolute atomic E-state index is 11.2. The van der Waals surface area contributed by atoms with Gasteiger partial charge in [-0.15, -0.1) is 0 Å². The summed E-state index contributed by atoms with van der Waals surface area (Å²) in [6.07, 6.45) is 0. The normalized spacial score (nSPS) is 10.7. The van der Waals surface area contributed by atoms with Crippen molar-refractivity contribution in [3.8, 4) is 11.3 Å². The Balaban J connectivity index is 2.69. The van der Waals surface area contributed by atoms with E-state index < -0.39 is 5.97 Å². The Morgan fingerprint density at radius 3 is 2.32 bits per heavy atom. The lowest BCUT2D eigenvalue weighted by atomic mass is 10.1. The van der Waals surface area contributed by atoms with Gasteiger partial charge >= 0.3 is 5.97 Å². The van der Waals surface area contributed by atoms with Crippen LogP contribution in [-0.4, -0.2) is 15.6 Å². The van der Waals surface area contributed by atoms with Crippen LogP contribution in [0.4, 0.5) is 0 Å². The molecule has 100 valence electrons. The Morgan fingerprint density at radius 1 is 1.26 bits per heavy atom. The summed E-state index contributed by atoms with van der Waals surface area (Å²) in [6, 6.07) is 7.52. The first-order chi connectivity index (χ1) is 8.95. The van der Waals surface area contributed by atoms with Gasteiger partial charge in [-0.25, -0.2) is 4.79 Å². The minimum Gasteiger partial charge on any atom is -0.477 e. The second-order valence-electron chi connectivity index (χ2n) is 4.26. The molecule has 0 aliphatic heterocycles. The minimum absolute atomic E-state index is 0.303. The lowest BCUT2D eigenvalue weighted by Crippen LogP contribution is -2.08. The predicted molar refractivity (Wildman–Crippen MR) is 82.6 cm³/mol. The number of aromatic carboxylic acids is 1. The summed E-state index contributed by atoms with van der Waals surface area (Å²) < 4.78 is 3.69. The molecule has 3 nitrogen and oxygen atoms in total. The number of nitrogens with zero attached hydrogens (tertiary/aromatic N) is 1. The van der Waals surface area contributed by atoms with Crippen LogP contribution < -0.4 is 0 Å². The van der Waals surface area contributed by atoms with E-state index in [4.69, 9.17) is 0 Å². The number of hydrogen-bond donors (Lipinski definition) is 1. The lowest BCUT2D eigenvalue weighted by molar-refractivity contribution is 0.0685. The van der Waals surface area contributed by atoms with Crippen molar-refractivity contribution < 1.29 is 9.90 Å². The molecule has 2 rings (SSSR count). The standard InChI is InChI=1S/C14H13Br2NO2/c1-3-17-11(4-5-12(17)14(18)19)13-9(15)6-8(2)7-10(13)16/h4-7H,3H2,1-2H3,(H,18,19). The van der Waals surface area contributed by atoms with E-state index in [9.17, 15) is 9.90 Å². The topological polar surface area (TPSA) is 42.2 Å². The maximum Gasteiger partial charge on any atom is 0.352 e. The second kappa shape index (κ2) is 5.51. The summed E-state index contributed by atoms with van der Waals surface area (Å²) in [6.45, 7) is 4.56. The highest BCUT2D eigenvalue weighted by atomic mass is 79.9. The average Bonchev–Trinajstić information content (AvgIpc) is 2.71. The molecule has 0 amide bonds. The number of hydrogen-bond acceptors (Lipinski definition) is 1. The van der Waals surface area contributed by atoms with E-state index in [0.717, 1.165) is 25.8 Å². The van der Waals surface area contributed by atoms with E-state index >= 15 is 0 Å². The molecule has 0 aliphatic carbocycles. The van der Waals surface area contributed by atoms with Crippen LogP contribution in [0.25, 0.3) is 11.3 Å². The number of carboxylic acid groups (broad SMARTS) is 1. The Hall–Kier alpha value is -1.07. The minimum atomic E-state index is -0.910. The fraction of sp³-hybridized carbons (Fsp3) is 0.214. The van der Waals surface area contributed by atoms with Crippen molar-refractivity contribution in [1.29, 1.82) is 0 Å². The van der Waals surface area contributed by atoms with Crippen LogP contribution in [0.2, 0.25) is 0 Å². The van der Waals surface area contributed by atoms with Crippen molar-refractivity contribution in [2.75, 3.05) is 0 Å². The van der Waals surface area contributed by atoms with Gasteiger partial charge in [0.2, 0.25) is 0 Å². The summed E-state index contributed by atoms with van der Waals surface area (Å²) in [5.74, 6) is -0.910. The van der Waals surface area contributed by atoms with Gasteiger partial charge in [0.15, 0.2) is 0 Å². The van der Waals surface area contributed by atoms with Gasteiger partial charge in [-0.05, 0) is 43.7 Å². The van der Waals surface area contributed by atoms with E-state index in [-0.39, 0.29) is 0 Å². The van der Waals surface area contributed by atoms with Crippen LogP contribution in [0.15, 0.2) is 33.2 Å². The van der Waals surface area contributed by atoms with Crippen molar-refractivity contribution in [3.63, 3.8) is 0 Å². The first-order valence-electron chi connectivity index (χ1n) is 5.84. The van der Waals surface area contributed by atoms with Crippen molar-refractivity contribution >= 4 is 37.8 Å². The number of carbonyl (C=O) groups is 1. The summed E-state index contributed by atoms with van der Waals surface area (Å²) in [7, 11) is 0. The predicted octanol–water partition coefficient (Wildman–Crippen LogP) is 4.71. The van der Waals surface area contributed by atoms with Gasteiger partial charge in [0.1, 0.15) is 5.69 Å². The van der Waals surface area contributed by atoms with Gasteiger partial charge in [-0.3, -0.25) is 0 Å². The largest absolute Gasteiger partial charge is 0.477 e. The third-order valence-electron chi connectivity index (χ3n) is 2.96. The molecule has 1 N–H and O–H groups in total. The molecule has 5 heteroatoms. The van der Waals surface area contributed by atoms with Crippen molar-refractivity contribution in [2.24, 2.45) is 0 Å². The molecule has 2 aromatic rings. The van der Waals surface area contributed by atoms with E-state index in [1.54, 1.807) is 10.6 Å². The number of halogens is 2. The van der Waals surface area contributed by atoms with Crippen LogP contribution in [0, 0.1) is 6.92 Å². The number of rotatable bonds is 3. The van der Waals surface area contributed by atoms with Crippen molar-refractivity contribution in [2.45, 2.75) is 20.4 Å². The van der Waals surface area contributed by atoms with Gasteiger partial charge in [-0.2, -0.15) is 0 Å². The molecule has 0 bridgehead atoms. The zero-order valence-electron chi connectivity index (χ0n) is 10.6. The molecule has 1 heterocycles. The summed E-state index contributed by atoms with van der Waals surface area (Å²) >= 11 is 7.11. The van der Waals surface area contributed by atoms with Crippen LogP contribution in [-0.2, 0) is 6.54 Å². The first kappa shape index (κ1) is 14.3. The molecule has 0 atom stereocenters. The Labute approximate surface area is 128 Å². The highest BCUT2D eigenvalue weighted by Crippen LogP contribution is 2.37. The summed E-state index contributed by atoms with van der Waals surface area (Å²) in [4.78, 5) is 11.2. The van der Waals surface area contributed by atoms with Crippen molar-refractivity contribution in [1.82, 2.24) is 4.57 Å². The Morgan fingerprint density at radius 2 is 1.84 bits per heavy atom. The van der Waals surface area contributed by atoms with Gasteiger partial charge in [0.25, 0.3) is 0 Å². The highest BCUT2D eigenvalue weighted by Gasteiger charge is 2.17. The highest BCUT2D eigenvalue weighted by molar-refractivity contribution is 9.11. The molecule has 0 unspecified atom stereocenters. The number of benzene rings is 1. The zero-order valence-corrected chi connectivity index (χ0v) is 13.7. The lowest BCUT2D eigenvalue weighted by Gasteiger charge is -2.13.